The lowest BCUT2D eigenvalue weighted by Gasteiger charge is -2.60. The number of allylic oxidation sites excluding steroid dienone is 1. The third-order valence-electron chi connectivity index (χ3n) is 8.82. The van der Waals surface area contributed by atoms with E-state index in [4.69, 9.17) is 0 Å². The zero-order valence-electron chi connectivity index (χ0n) is 15.5. The van der Waals surface area contributed by atoms with Gasteiger partial charge < -0.3 is 0 Å². The summed E-state index contributed by atoms with van der Waals surface area (Å²) in [5.41, 5.74) is 1.95. The van der Waals surface area contributed by atoms with Gasteiger partial charge in [-0.05, 0) is 79.1 Å². The van der Waals surface area contributed by atoms with Crippen molar-refractivity contribution >= 4 is 5.78 Å². The smallest absolute Gasteiger partial charge is 0.155 e. The summed E-state index contributed by atoms with van der Waals surface area (Å²) >= 11 is 0. The van der Waals surface area contributed by atoms with E-state index in [1.807, 2.05) is 6.08 Å². The molecule has 0 N–H and O–H groups in total. The van der Waals surface area contributed by atoms with Crippen LogP contribution in [0, 0.1) is 51.8 Å². The number of carbonyl (C=O) groups excluding carboxylic acids is 1. The minimum atomic E-state index is 0.241. The van der Waals surface area contributed by atoms with E-state index < -0.39 is 0 Å². The van der Waals surface area contributed by atoms with E-state index in [1.54, 1.807) is 0 Å². The molecule has 3 saturated carbocycles. The summed E-state index contributed by atoms with van der Waals surface area (Å²) in [5, 5.41) is 9.66. The lowest BCUT2D eigenvalue weighted by molar-refractivity contribution is -0.118. The lowest BCUT2D eigenvalue weighted by Crippen LogP contribution is -2.53. The first kappa shape index (κ1) is 16.4. The second kappa shape index (κ2) is 5.45. The number of ketones is 1. The molecular formula is C22H31NO. The van der Waals surface area contributed by atoms with Gasteiger partial charge in [0.2, 0.25) is 0 Å². The molecule has 0 spiro atoms. The van der Waals surface area contributed by atoms with Gasteiger partial charge in [0.15, 0.2) is 5.78 Å². The molecular weight excluding hydrogens is 294 g/mol. The van der Waals surface area contributed by atoms with E-state index in [9.17, 15) is 10.1 Å². The van der Waals surface area contributed by atoms with Crippen molar-refractivity contribution in [3.05, 3.63) is 11.6 Å². The second-order valence-corrected chi connectivity index (χ2v) is 9.52. The molecule has 0 amide bonds. The first-order valence-corrected chi connectivity index (χ1v) is 10.1. The summed E-state index contributed by atoms with van der Waals surface area (Å²) in [6.45, 7) is 7.20. The zero-order valence-corrected chi connectivity index (χ0v) is 15.5. The maximum Gasteiger partial charge on any atom is 0.155 e. The summed E-state index contributed by atoms with van der Waals surface area (Å²) in [7, 11) is 0. The number of hydrogen-bond acceptors (Lipinski definition) is 2. The topological polar surface area (TPSA) is 40.9 Å². The molecule has 4 aliphatic rings. The summed E-state index contributed by atoms with van der Waals surface area (Å²) in [5.74, 6) is 3.54. The van der Waals surface area contributed by atoms with Crippen LogP contribution in [-0.4, -0.2) is 5.78 Å². The molecule has 0 aromatic carbocycles. The van der Waals surface area contributed by atoms with Crippen molar-refractivity contribution in [2.24, 2.45) is 40.4 Å². The fraction of sp³-hybridized carbons (Fsp3) is 0.818. The molecule has 0 heterocycles. The highest BCUT2D eigenvalue weighted by atomic mass is 16.1. The van der Waals surface area contributed by atoms with Gasteiger partial charge >= 0.3 is 0 Å². The van der Waals surface area contributed by atoms with E-state index in [-0.39, 0.29) is 16.7 Å². The van der Waals surface area contributed by atoms with Crippen molar-refractivity contribution in [2.75, 3.05) is 0 Å². The van der Waals surface area contributed by atoms with Crippen LogP contribution in [0.4, 0.5) is 0 Å². The molecule has 0 saturated heterocycles. The van der Waals surface area contributed by atoms with E-state index in [1.165, 1.54) is 31.3 Å². The van der Waals surface area contributed by atoms with Gasteiger partial charge in [-0.1, -0.05) is 32.8 Å². The van der Waals surface area contributed by atoms with E-state index >= 15 is 0 Å². The quantitative estimate of drug-likeness (QED) is 0.657. The SMILES string of the molecule is CC[C@@H]1CC2=CC(=O)CC[C@]2(C)[C@H]2CC[C@]3(C)[C@@H](C#N)CC[C@H]3[C@H]12. The Morgan fingerprint density at radius 3 is 2.71 bits per heavy atom. The molecule has 0 radical (unpaired) electrons. The Hall–Kier alpha value is -1.10. The third kappa shape index (κ3) is 2.03. The van der Waals surface area contributed by atoms with Crippen LogP contribution in [0.3, 0.4) is 0 Å². The van der Waals surface area contributed by atoms with E-state index in [0.717, 1.165) is 43.4 Å². The Kier molecular flexibility index (Phi) is 3.72. The van der Waals surface area contributed by atoms with Gasteiger partial charge in [0.1, 0.15) is 0 Å². The number of nitriles is 1. The largest absolute Gasteiger partial charge is 0.295 e. The lowest BCUT2D eigenvalue weighted by atomic mass is 9.44. The van der Waals surface area contributed by atoms with Crippen molar-refractivity contribution in [1.82, 2.24) is 0 Å². The van der Waals surface area contributed by atoms with Crippen molar-refractivity contribution in [1.29, 1.82) is 5.26 Å². The van der Waals surface area contributed by atoms with Crippen molar-refractivity contribution in [2.45, 2.75) is 72.1 Å². The van der Waals surface area contributed by atoms with Crippen LogP contribution in [-0.2, 0) is 4.79 Å². The fourth-order valence-electron chi connectivity index (χ4n) is 7.33. The van der Waals surface area contributed by atoms with Crippen LogP contribution < -0.4 is 0 Å². The van der Waals surface area contributed by atoms with Gasteiger partial charge in [0.05, 0.1) is 12.0 Å². The summed E-state index contributed by atoms with van der Waals surface area (Å²) in [6.07, 6.45) is 11.0. The standard InChI is InChI=1S/C22H31NO/c1-4-14-11-16-12-17(24)7-9-22(16,3)19-8-10-21(2)15(13-23)5-6-18(21)20(14)19/h12,14-15,18-20H,4-11H2,1-3H3/t14-,15-,18+,19+,20+,21-,22+/m1/s1. The number of carbonyl (C=O) groups is 1. The second-order valence-electron chi connectivity index (χ2n) is 9.52. The molecule has 0 aliphatic heterocycles. The van der Waals surface area contributed by atoms with Crippen LogP contribution in [0.5, 0.6) is 0 Å². The molecule has 4 rings (SSSR count). The summed E-state index contributed by atoms with van der Waals surface area (Å²) in [4.78, 5) is 12.0. The first-order chi connectivity index (χ1) is 11.4. The van der Waals surface area contributed by atoms with Crippen molar-refractivity contribution in [3.63, 3.8) is 0 Å². The Morgan fingerprint density at radius 2 is 2.00 bits per heavy atom. The molecule has 24 heavy (non-hydrogen) atoms. The highest BCUT2D eigenvalue weighted by molar-refractivity contribution is 5.91. The molecule has 130 valence electrons. The molecule has 0 aromatic rings. The molecule has 4 aliphatic carbocycles. The summed E-state index contributed by atoms with van der Waals surface area (Å²) < 4.78 is 0. The van der Waals surface area contributed by atoms with Crippen LogP contribution in [0.2, 0.25) is 0 Å². The van der Waals surface area contributed by atoms with Crippen LogP contribution in [0.25, 0.3) is 0 Å². The van der Waals surface area contributed by atoms with Crippen molar-refractivity contribution < 1.29 is 4.79 Å². The van der Waals surface area contributed by atoms with Gasteiger partial charge in [-0.3, -0.25) is 4.79 Å². The molecule has 0 unspecified atom stereocenters. The maximum atomic E-state index is 12.0. The van der Waals surface area contributed by atoms with Crippen LogP contribution >= 0.6 is 0 Å². The minimum absolute atomic E-state index is 0.241. The average molecular weight is 325 g/mol. The average Bonchev–Trinajstić information content (AvgIpc) is 2.91. The number of rotatable bonds is 1. The van der Waals surface area contributed by atoms with Gasteiger partial charge in [0, 0.05) is 6.42 Å². The predicted octanol–water partition coefficient (Wildman–Crippen LogP) is 5.29. The van der Waals surface area contributed by atoms with E-state index in [0.29, 0.717) is 11.7 Å². The molecule has 7 atom stereocenters. The van der Waals surface area contributed by atoms with Gasteiger partial charge in [0.25, 0.3) is 0 Å². The predicted molar refractivity (Wildman–Crippen MR) is 95.0 cm³/mol. The molecule has 3 fully saturated rings. The highest BCUT2D eigenvalue weighted by Gasteiger charge is 2.61. The first-order valence-electron chi connectivity index (χ1n) is 10.1. The van der Waals surface area contributed by atoms with E-state index in [2.05, 4.69) is 26.8 Å². The molecule has 0 aromatic heterocycles. The normalized spacial score (nSPS) is 50.3. The number of fused-ring (bicyclic) bond motifs is 5. The molecule has 2 nitrogen and oxygen atoms in total. The molecule has 2 heteroatoms. The molecule has 0 bridgehead atoms. The Morgan fingerprint density at radius 1 is 1.21 bits per heavy atom. The Labute approximate surface area is 146 Å². The number of nitrogens with zero attached hydrogens (tertiary/aromatic N) is 1. The van der Waals surface area contributed by atoms with Gasteiger partial charge in [-0.25, -0.2) is 0 Å². The fourth-order valence-corrected chi connectivity index (χ4v) is 7.33. The monoisotopic (exact) mass is 325 g/mol. The van der Waals surface area contributed by atoms with Gasteiger partial charge in [-0.15, -0.1) is 0 Å². The van der Waals surface area contributed by atoms with Gasteiger partial charge in [-0.2, -0.15) is 5.26 Å². The van der Waals surface area contributed by atoms with Crippen molar-refractivity contribution in [3.8, 4) is 6.07 Å². The minimum Gasteiger partial charge on any atom is -0.295 e. The number of hydrogen-bond donors (Lipinski definition) is 0. The van der Waals surface area contributed by atoms with Crippen LogP contribution in [0.15, 0.2) is 11.6 Å². The summed E-state index contributed by atoms with van der Waals surface area (Å²) in [6, 6.07) is 2.65. The van der Waals surface area contributed by atoms with Crippen LogP contribution in [0.1, 0.15) is 72.1 Å². The Balaban J connectivity index is 1.75. The Bertz CT molecular complexity index is 628. The maximum absolute atomic E-state index is 12.0. The zero-order chi connectivity index (χ0) is 17.1. The third-order valence-corrected chi connectivity index (χ3v) is 8.82. The highest BCUT2D eigenvalue weighted by Crippen LogP contribution is 2.68.